The number of carbonyl (C=O) groups is 1. The molecular formula is C13H20N2O4S. The van der Waals surface area contributed by atoms with Gasteiger partial charge in [0.1, 0.15) is 0 Å². The van der Waals surface area contributed by atoms with Gasteiger partial charge in [0.05, 0.1) is 4.90 Å². The number of sulfonamides is 1. The standard InChI is InChI=1S/C13H20N2O4S/c1-10(4-3-9-16)15-20(18,19)13-7-5-12(6-8-13)14-11(2)17/h5-8,10,15-16H,3-4,9H2,1-2H3,(H,14,17). The van der Waals surface area contributed by atoms with Crippen molar-refractivity contribution in [2.45, 2.75) is 37.6 Å². The predicted octanol–water partition coefficient (Wildman–Crippen LogP) is 1.08. The summed E-state index contributed by atoms with van der Waals surface area (Å²) in [6.45, 7) is 3.17. The minimum Gasteiger partial charge on any atom is -0.396 e. The second kappa shape index (κ2) is 7.37. The van der Waals surface area contributed by atoms with Gasteiger partial charge in [0, 0.05) is 25.3 Å². The van der Waals surface area contributed by atoms with Crippen molar-refractivity contribution >= 4 is 21.6 Å². The molecule has 1 amide bonds. The molecule has 20 heavy (non-hydrogen) atoms. The fourth-order valence-electron chi connectivity index (χ4n) is 1.71. The monoisotopic (exact) mass is 300 g/mol. The lowest BCUT2D eigenvalue weighted by molar-refractivity contribution is -0.114. The Balaban J connectivity index is 2.74. The first-order chi connectivity index (χ1) is 9.35. The van der Waals surface area contributed by atoms with Crippen LogP contribution in [0.15, 0.2) is 29.2 Å². The molecule has 6 nitrogen and oxygen atoms in total. The molecule has 1 rings (SSSR count). The van der Waals surface area contributed by atoms with Crippen molar-refractivity contribution in [2.75, 3.05) is 11.9 Å². The molecule has 1 atom stereocenters. The van der Waals surface area contributed by atoms with Crippen LogP contribution in [0, 0.1) is 0 Å². The largest absolute Gasteiger partial charge is 0.396 e. The van der Waals surface area contributed by atoms with E-state index in [2.05, 4.69) is 10.0 Å². The fraction of sp³-hybridized carbons (Fsp3) is 0.462. The Bertz CT molecular complexity index is 540. The molecular weight excluding hydrogens is 280 g/mol. The Morgan fingerprint density at radius 3 is 2.40 bits per heavy atom. The summed E-state index contributed by atoms with van der Waals surface area (Å²) in [5.74, 6) is -0.212. The lowest BCUT2D eigenvalue weighted by atomic mass is 10.2. The minimum atomic E-state index is -3.58. The lowest BCUT2D eigenvalue weighted by Gasteiger charge is -2.14. The van der Waals surface area contributed by atoms with Crippen LogP contribution in [-0.2, 0) is 14.8 Å². The second-order valence-corrected chi connectivity index (χ2v) is 6.31. The van der Waals surface area contributed by atoms with Crippen molar-refractivity contribution in [1.29, 1.82) is 0 Å². The van der Waals surface area contributed by atoms with Gasteiger partial charge in [0.25, 0.3) is 0 Å². The quantitative estimate of drug-likeness (QED) is 0.702. The summed E-state index contributed by atoms with van der Waals surface area (Å²) >= 11 is 0. The molecule has 0 aliphatic rings. The molecule has 0 aromatic heterocycles. The number of anilines is 1. The predicted molar refractivity (Wildman–Crippen MR) is 76.8 cm³/mol. The SMILES string of the molecule is CC(=O)Nc1ccc(S(=O)(=O)NC(C)CCCO)cc1. The number of rotatable bonds is 7. The normalized spacial score (nSPS) is 12.9. The number of aliphatic hydroxyl groups is 1. The maximum absolute atomic E-state index is 12.1. The van der Waals surface area contributed by atoms with Crippen molar-refractivity contribution in [3.63, 3.8) is 0 Å². The van der Waals surface area contributed by atoms with E-state index in [0.29, 0.717) is 18.5 Å². The maximum atomic E-state index is 12.1. The lowest BCUT2D eigenvalue weighted by Crippen LogP contribution is -2.32. The van der Waals surface area contributed by atoms with Crippen LogP contribution in [0.25, 0.3) is 0 Å². The summed E-state index contributed by atoms with van der Waals surface area (Å²) in [6, 6.07) is 5.70. The molecule has 0 bridgehead atoms. The Labute approximate surface area is 119 Å². The summed E-state index contributed by atoms with van der Waals surface area (Å²) in [6.07, 6.45) is 1.12. The first kappa shape index (κ1) is 16.6. The van der Waals surface area contributed by atoms with Crippen LogP contribution >= 0.6 is 0 Å². The van der Waals surface area contributed by atoms with Crippen LogP contribution in [0.4, 0.5) is 5.69 Å². The van der Waals surface area contributed by atoms with Gasteiger partial charge in [-0.25, -0.2) is 13.1 Å². The van der Waals surface area contributed by atoms with Gasteiger partial charge in [0.2, 0.25) is 15.9 Å². The summed E-state index contributed by atoms with van der Waals surface area (Å²) in [5.41, 5.74) is 0.546. The van der Waals surface area contributed by atoms with Crippen LogP contribution in [-0.4, -0.2) is 32.1 Å². The Morgan fingerprint density at radius 1 is 1.30 bits per heavy atom. The van der Waals surface area contributed by atoms with E-state index in [0.717, 1.165) is 0 Å². The average molecular weight is 300 g/mol. The topological polar surface area (TPSA) is 95.5 Å². The summed E-state index contributed by atoms with van der Waals surface area (Å²) in [5, 5.41) is 11.3. The van der Waals surface area contributed by atoms with Crippen LogP contribution in [0.5, 0.6) is 0 Å². The van der Waals surface area contributed by atoms with Gasteiger partial charge in [-0.3, -0.25) is 4.79 Å². The van der Waals surface area contributed by atoms with Crippen molar-refractivity contribution in [3.8, 4) is 0 Å². The molecule has 112 valence electrons. The third-order valence-corrected chi connectivity index (χ3v) is 4.24. The molecule has 0 aliphatic heterocycles. The Hall–Kier alpha value is -1.44. The molecule has 1 unspecified atom stereocenters. The Morgan fingerprint density at radius 2 is 1.90 bits per heavy atom. The van der Waals surface area contributed by atoms with E-state index in [4.69, 9.17) is 5.11 Å². The fourth-order valence-corrected chi connectivity index (χ4v) is 2.99. The second-order valence-electron chi connectivity index (χ2n) is 4.59. The van der Waals surface area contributed by atoms with E-state index in [9.17, 15) is 13.2 Å². The van der Waals surface area contributed by atoms with E-state index in [1.165, 1.54) is 31.2 Å². The zero-order valence-corrected chi connectivity index (χ0v) is 12.4. The summed E-state index contributed by atoms with van der Waals surface area (Å²) in [7, 11) is -3.58. The number of hydrogen-bond acceptors (Lipinski definition) is 4. The number of amides is 1. The van der Waals surface area contributed by atoms with Gasteiger partial charge < -0.3 is 10.4 Å². The first-order valence-corrected chi connectivity index (χ1v) is 7.84. The average Bonchev–Trinajstić information content (AvgIpc) is 2.35. The van der Waals surface area contributed by atoms with Crippen molar-refractivity contribution in [1.82, 2.24) is 4.72 Å². The van der Waals surface area contributed by atoms with Gasteiger partial charge in [-0.05, 0) is 44.0 Å². The summed E-state index contributed by atoms with van der Waals surface area (Å²) < 4.78 is 26.7. The van der Waals surface area contributed by atoms with Crippen molar-refractivity contribution in [2.24, 2.45) is 0 Å². The van der Waals surface area contributed by atoms with E-state index < -0.39 is 10.0 Å². The molecule has 0 heterocycles. The first-order valence-electron chi connectivity index (χ1n) is 6.36. The molecule has 1 aromatic rings. The maximum Gasteiger partial charge on any atom is 0.240 e. The molecule has 7 heteroatoms. The molecule has 0 saturated carbocycles. The van der Waals surface area contributed by atoms with E-state index >= 15 is 0 Å². The minimum absolute atomic E-state index is 0.0392. The summed E-state index contributed by atoms with van der Waals surface area (Å²) in [4.78, 5) is 11.0. The van der Waals surface area contributed by atoms with E-state index in [1.54, 1.807) is 6.92 Å². The van der Waals surface area contributed by atoms with Crippen molar-refractivity contribution in [3.05, 3.63) is 24.3 Å². The van der Waals surface area contributed by atoms with Gasteiger partial charge in [-0.2, -0.15) is 0 Å². The van der Waals surface area contributed by atoms with Crippen molar-refractivity contribution < 1.29 is 18.3 Å². The number of benzene rings is 1. The van der Waals surface area contributed by atoms with Gasteiger partial charge in [0.15, 0.2) is 0 Å². The van der Waals surface area contributed by atoms with Crippen LogP contribution in [0.3, 0.4) is 0 Å². The number of carbonyl (C=O) groups excluding carboxylic acids is 1. The highest BCUT2D eigenvalue weighted by Crippen LogP contribution is 2.14. The Kier molecular flexibility index (Phi) is 6.12. The van der Waals surface area contributed by atoms with Crippen LogP contribution < -0.4 is 10.0 Å². The van der Waals surface area contributed by atoms with E-state index in [1.807, 2.05) is 0 Å². The number of aliphatic hydroxyl groups excluding tert-OH is 1. The van der Waals surface area contributed by atoms with Gasteiger partial charge >= 0.3 is 0 Å². The van der Waals surface area contributed by atoms with E-state index in [-0.39, 0.29) is 23.5 Å². The molecule has 1 aromatic carbocycles. The molecule has 0 aliphatic carbocycles. The third-order valence-electron chi connectivity index (χ3n) is 2.64. The smallest absolute Gasteiger partial charge is 0.240 e. The third kappa shape index (κ3) is 5.28. The number of hydrogen-bond donors (Lipinski definition) is 3. The van der Waals surface area contributed by atoms with Crippen LogP contribution in [0.1, 0.15) is 26.7 Å². The molecule has 0 saturated heterocycles. The number of nitrogens with one attached hydrogen (secondary N) is 2. The highest BCUT2D eigenvalue weighted by atomic mass is 32.2. The van der Waals surface area contributed by atoms with Crippen LogP contribution in [0.2, 0.25) is 0 Å². The molecule has 0 radical (unpaired) electrons. The molecule has 3 N–H and O–H groups in total. The highest BCUT2D eigenvalue weighted by Gasteiger charge is 2.16. The molecule has 0 fully saturated rings. The molecule has 0 spiro atoms. The van der Waals surface area contributed by atoms with Gasteiger partial charge in [-0.15, -0.1) is 0 Å². The van der Waals surface area contributed by atoms with Gasteiger partial charge in [-0.1, -0.05) is 0 Å². The highest BCUT2D eigenvalue weighted by molar-refractivity contribution is 7.89. The zero-order valence-electron chi connectivity index (χ0n) is 11.6. The zero-order chi connectivity index (χ0) is 15.2.